The normalized spacial score (nSPS) is 12.1. The zero-order valence-corrected chi connectivity index (χ0v) is 25.0. The Morgan fingerprint density at radius 3 is 2.02 bits per heavy atom. The van der Waals surface area contributed by atoms with Gasteiger partial charge in [-0.1, -0.05) is 123 Å². The predicted octanol–water partition coefficient (Wildman–Crippen LogP) is 8.51. The van der Waals surface area contributed by atoms with E-state index in [4.69, 9.17) is 4.74 Å². The molecule has 4 rings (SSSR count). The first-order valence-electron chi connectivity index (χ1n) is 15.0. The number of ether oxygens (including phenoxy) is 1. The largest absolute Gasteiger partial charge is 0.465 e. The van der Waals surface area contributed by atoms with Crippen molar-refractivity contribution in [2.45, 2.75) is 64.7 Å². The maximum absolute atomic E-state index is 13.9. The van der Waals surface area contributed by atoms with Crippen LogP contribution in [-0.4, -0.2) is 18.4 Å². The highest BCUT2D eigenvalue weighted by atomic mass is 16.5. The van der Waals surface area contributed by atoms with Crippen LogP contribution in [-0.2, 0) is 32.6 Å². The summed E-state index contributed by atoms with van der Waals surface area (Å²) >= 11 is 0. The second kappa shape index (κ2) is 15.0. The Kier molecular flexibility index (Phi) is 10.9. The molecular weight excluding hydrogens is 516 g/mol. The van der Waals surface area contributed by atoms with Crippen molar-refractivity contribution >= 4 is 11.8 Å². The van der Waals surface area contributed by atoms with Crippen LogP contribution in [0.15, 0.2) is 103 Å². The van der Waals surface area contributed by atoms with Gasteiger partial charge in [0.1, 0.15) is 0 Å². The number of aryl methyl sites for hydroxylation is 1. The molecule has 0 spiro atoms. The van der Waals surface area contributed by atoms with E-state index in [0.717, 1.165) is 65.5 Å². The lowest BCUT2D eigenvalue weighted by Crippen LogP contribution is -2.46. The Hall–Kier alpha value is -4.42. The van der Waals surface area contributed by atoms with Gasteiger partial charge in [0.05, 0.1) is 6.61 Å². The lowest BCUT2D eigenvalue weighted by atomic mass is 9.70. The quantitative estimate of drug-likeness (QED) is 0.0760. The molecule has 0 radical (unpaired) electrons. The van der Waals surface area contributed by atoms with Crippen molar-refractivity contribution in [2.75, 3.05) is 6.61 Å². The zero-order chi connectivity index (χ0) is 29.8. The van der Waals surface area contributed by atoms with Crippen LogP contribution in [0.4, 0.5) is 0 Å². The van der Waals surface area contributed by atoms with Gasteiger partial charge >= 0.3 is 5.97 Å². The third-order valence-electron chi connectivity index (χ3n) is 7.74. The maximum Gasteiger partial charge on any atom is 0.324 e. The monoisotopic (exact) mass is 556 g/mol. The van der Waals surface area contributed by atoms with Crippen LogP contribution >= 0.6 is 0 Å². The Morgan fingerprint density at radius 2 is 1.40 bits per heavy atom. The standard InChI is InChI=1S/C39H40O3/c1-4-6-7-15-24-34-27-35(39(30(3)40,38(41)42-5-2)29-32-20-13-9-14-21-32)28-37(33-22-16-10-17-23-33)36(34)26-25-31-18-11-8-12-19-31/h8-14,16-23,27-28H,4-7,15,24,29H2,1-3H3. The summed E-state index contributed by atoms with van der Waals surface area (Å²) in [5.41, 5.74) is 4.92. The number of hydrogen-bond donors (Lipinski definition) is 0. The Labute approximate surface area is 251 Å². The van der Waals surface area contributed by atoms with Gasteiger partial charge in [0, 0.05) is 11.1 Å². The Balaban J connectivity index is 2.00. The number of hydrogen-bond acceptors (Lipinski definition) is 3. The fraction of sp³-hybridized carbons (Fsp3) is 0.282. The van der Waals surface area contributed by atoms with Crippen LogP contribution in [0.1, 0.15) is 74.3 Å². The highest BCUT2D eigenvalue weighted by Crippen LogP contribution is 2.38. The number of ketones is 1. The number of benzene rings is 4. The molecule has 0 aliphatic rings. The van der Waals surface area contributed by atoms with Crippen LogP contribution in [0.5, 0.6) is 0 Å². The number of esters is 1. The summed E-state index contributed by atoms with van der Waals surface area (Å²) in [7, 11) is 0. The lowest BCUT2D eigenvalue weighted by molar-refractivity contribution is -0.153. The van der Waals surface area contributed by atoms with Crippen molar-refractivity contribution in [1.82, 2.24) is 0 Å². The molecule has 1 atom stereocenters. The van der Waals surface area contributed by atoms with E-state index in [2.05, 4.69) is 37.0 Å². The van der Waals surface area contributed by atoms with Crippen LogP contribution in [0.3, 0.4) is 0 Å². The summed E-state index contributed by atoms with van der Waals surface area (Å²) in [5.74, 6) is 6.12. The lowest BCUT2D eigenvalue weighted by Gasteiger charge is -2.31. The van der Waals surface area contributed by atoms with Crippen molar-refractivity contribution in [2.24, 2.45) is 0 Å². The number of Topliss-reactive ketones (excluding diaryl/α,β-unsaturated/α-hetero) is 1. The van der Waals surface area contributed by atoms with Crippen molar-refractivity contribution in [3.8, 4) is 23.0 Å². The average Bonchev–Trinajstić information content (AvgIpc) is 3.02. The molecule has 0 fully saturated rings. The summed E-state index contributed by atoms with van der Waals surface area (Å²) in [6.45, 7) is 5.68. The van der Waals surface area contributed by atoms with Gasteiger partial charge in [0.25, 0.3) is 0 Å². The summed E-state index contributed by atoms with van der Waals surface area (Å²) in [6.07, 6.45) is 5.42. The molecule has 4 aromatic rings. The second-order valence-electron chi connectivity index (χ2n) is 10.7. The summed E-state index contributed by atoms with van der Waals surface area (Å²) in [5, 5.41) is 0. The minimum absolute atomic E-state index is 0.193. The maximum atomic E-state index is 13.9. The van der Waals surface area contributed by atoms with Gasteiger partial charge in [-0.3, -0.25) is 9.59 Å². The predicted molar refractivity (Wildman–Crippen MR) is 171 cm³/mol. The third-order valence-corrected chi connectivity index (χ3v) is 7.74. The van der Waals surface area contributed by atoms with Crippen molar-refractivity contribution in [3.63, 3.8) is 0 Å². The zero-order valence-electron chi connectivity index (χ0n) is 25.0. The molecule has 0 saturated heterocycles. The highest BCUT2D eigenvalue weighted by Gasteiger charge is 2.47. The molecule has 0 saturated carbocycles. The van der Waals surface area contributed by atoms with Gasteiger partial charge in [-0.15, -0.1) is 0 Å². The van der Waals surface area contributed by atoms with E-state index in [-0.39, 0.29) is 18.8 Å². The fourth-order valence-electron chi connectivity index (χ4n) is 5.46. The fourth-order valence-corrected chi connectivity index (χ4v) is 5.46. The molecule has 3 heteroatoms. The summed E-state index contributed by atoms with van der Waals surface area (Å²) in [6, 6.07) is 33.9. The van der Waals surface area contributed by atoms with Crippen molar-refractivity contribution < 1.29 is 14.3 Å². The van der Waals surface area contributed by atoms with Gasteiger partial charge in [-0.05, 0) is 79.1 Å². The molecular formula is C39H40O3. The molecule has 42 heavy (non-hydrogen) atoms. The molecule has 1 unspecified atom stereocenters. The van der Waals surface area contributed by atoms with Crippen LogP contribution in [0.25, 0.3) is 11.1 Å². The van der Waals surface area contributed by atoms with E-state index in [1.807, 2.05) is 84.9 Å². The number of rotatable bonds is 12. The molecule has 0 bridgehead atoms. The molecule has 0 amide bonds. The van der Waals surface area contributed by atoms with Crippen LogP contribution in [0, 0.1) is 11.8 Å². The van der Waals surface area contributed by atoms with Crippen LogP contribution < -0.4 is 0 Å². The molecule has 0 heterocycles. The Bertz CT molecular complexity index is 1530. The summed E-state index contributed by atoms with van der Waals surface area (Å²) in [4.78, 5) is 27.6. The molecule has 0 aromatic heterocycles. The molecule has 0 aliphatic heterocycles. The first kappa shape index (κ1) is 30.5. The minimum Gasteiger partial charge on any atom is -0.465 e. The smallest absolute Gasteiger partial charge is 0.324 e. The van der Waals surface area contributed by atoms with Crippen LogP contribution in [0.2, 0.25) is 0 Å². The molecule has 0 N–H and O–H groups in total. The van der Waals surface area contributed by atoms with Gasteiger partial charge < -0.3 is 4.74 Å². The van der Waals surface area contributed by atoms with Gasteiger partial charge in [-0.2, -0.15) is 0 Å². The third kappa shape index (κ3) is 7.25. The summed E-state index contributed by atoms with van der Waals surface area (Å²) < 4.78 is 5.64. The van der Waals surface area contributed by atoms with E-state index >= 15 is 0 Å². The van der Waals surface area contributed by atoms with E-state index in [1.165, 1.54) is 6.92 Å². The number of carbonyl (C=O) groups excluding carboxylic acids is 2. The van der Waals surface area contributed by atoms with E-state index in [1.54, 1.807) is 6.92 Å². The van der Waals surface area contributed by atoms with Gasteiger partial charge in [0.15, 0.2) is 11.2 Å². The van der Waals surface area contributed by atoms with Gasteiger partial charge in [0.2, 0.25) is 0 Å². The molecule has 4 aromatic carbocycles. The van der Waals surface area contributed by atoms with Crippen molar-refractivity contribution in [3.05, 3.63) is 131 Å². The average molecular weight is 557 g/mol. The van der Waals surface area contributed by atoms with E-state index in [9.17, 15) is 9.59 Å². The highest BCUT2D eigenvalue weighted by molar-refractivity contribution is 6.09. The van der Waals surface area contributed by atoms with E-state index in [0.29, 0.717) is 5.56 Å². The molecule has 0 aliphatic carbocycles. The topological polar surface area (TPSA) is 43.4 Å². The number of unbranched alkanes of at least 4 members (excludes halogenated alkanes) is 3. The minimum atomic E-state index is -1.48. The van der Waals surface area contributed by atoms with Gasteiger partial charge in [-0.25, -0.2) is 0 Å². The van der Waals surface area contributed by atoms with Crippen molar-refractivity contribution in [1.29, 1.82) is 0 Å². The Morgan fingerprint density at radius 1 is 0.762 bits per heavy atom. The second-order valence-corrected chi connectivity index (χ2v) is 10.7. The first-order chi connectivity index (χ1) is 20.5. The molecule has 3 nitrogen and oxygen atoms in total. The van der Waals surface area contributed by atoms with E-state index < -0.39 is 11.4 Å². The SMILES string of the molecule is CCCCCCc1cc(C(Cc2ccccc2)(C(C)=O)C(=O)OCC)cc(-c2ccccc2)c1C#Cc1ccccc1. The first-order valence-corrected chi connectivity index (χ1v) is 15.0. The number of carbonyl (C=O) groups is 2. The molecule has 214 valence electrons.